The summed E-state index contributed by atoms with van der Waals surface area (Å²) in [5.74, 6) is 0. The first-order valence-electron chi connectivity index (χ1n) is 6.23. The smallest absolute Gasteiger partial charge is 0.170 e. The molecule has 1 aromatic heterocycles. The largest absolute Gasteiger partial charge is 0.357 e. The molecule has 0 spiro atoms. The van der Waals surface area contributed by atoms with Crippen LogP contribution >= 0.6 is 15.9 Å². The summed E-state index contributed by atoms with van der Waals surface area (Å²) in [6.07, 6.45) is 5.42. The van der Waals surface area contributed by atoms with Gasteiger partial charge in [0.25, 0.3) is 0 Å². The summed E-state index contributed by atoms with van der Waals surface area (Å²) in [6.45, 7) is 2.58. The monoisotopic (exact) mass is 325 g/mol. The molecule has 0 aliphatic carbocycles. The molecule has 0 aromatic carbocycles. The van der Waals surface area contributed by atoms with Gasteiger partial charge in [-0.2, -0.15) is 5.10 Å². The fourth-order valence-corrected chi connectivity index (χ4v) is 2.23. The highest BCUT2D eigenvalue weighted by atomic mass is 79.9. The Balaban J connectivity index is 2.14. The van der Waals surface area contributed by atoms with Crippen LogP contribution in [-0.4, -0.2) is 29.8 Å². The number of rotatable bonds is 4. The third-order valence-electron chi connectivity index (χ3n) is 2.95. The lowest BCUT2D eigenvalue weighted by Gasteiger charge is -2.22. The molecule has 1 saturated heterocycles. The SMILES string of the molecule is Cc1ncc(Br)cc1/C(C=O)=N\NC1CCCCO1. The third-order valence-corrected chi connectivity index (χ3v) is 3.38. The number of halogens is 1. The van der Waals surface area contributed by atoms with Crippen molar-refractivity contribution in [1.82, 2.24) is 10.4 Å². The summed E-state index contributed by atoms with van der Waals surface area (Å²) in [5, 5.41) is 4.15. The Morgan fingerprint density at radius 3 is 3.16 bits per heavy atom. The molecule has 1 N–H and O–H groups in total. The van der Waals surface area contributed by atoms with Gasteiger partial charge in [0.2, 0.25) is 0 Å². The van der Waals surface area contributed by atoms with Crippen LogP contribution in [0, 0.1) is 6.92 Å². The molecule has 0 radical (unpaired) electrons. The lowest BCUT2D eigenvalue weighted by atomic mass is 10.1. The van der Waals surface area contributed by atoms with Crippen molar-refractivity contribution in [1.29, 1.82) is 0 Å². The van der Waals surface area contributed by atoms with Crippen molar-refractivity contribution in [2.24, 2.45) is 5.10 Å². The first-order valence-corrected chi connectivity index (χ1v) is 7.02. The minimum Gasteiger partial charge on any atom is -0.357 e. The van der Waals surface area contributed by atoms with Crippen molar-refractivity contribution >= 4 is 27.9 Å². The van der Waals surface area contributed by atoms with E-state index in [1.54, 1.807) is 6.20 Å². The molecular weight excluding hydrogens is 310 g/mol. The maximum Gasteiger partial charge on any atom is 0.170 e. The molecule has 5 nitrogen and oxygen atoms in total. The van der Waals surface area contributed by atoms with Crippen molar-refractivity contribution in [3.63, 3.8) is 0 Å². The van der Waals surface area contributed by atoms with Gasteiger partial charge in [0.05, 0.1) is 0 Å². The number of hydrogen-bond acceptors (Lipinski definition) is 5. The highest BCUT2D eigenvalue weighted by Crippen LogP contribution is 2.14. The van der Waals surface area contributed by atoms with Crippen LogP contribution in [0.15, 0.2) is 21.8 Å². The molecule has 1 fully saturated rings. The number of hydrazone groups is 1. The Labute approximate surface area is 120 Å². The second kappa shape index (κ2) is 6.77. The van der Waals surface area contributed by atoms with Gasteiger partial charge in [-0.3, -0.25) is 15.2 Å². The number of carbonyl (C=O) groups excluding carboxylic acids is 1. The summed E-state index contributed by atoms with van der Waals surface area (Å²) in [4.78, 5) is 15.4. The lowest BCUT2D eigenvalue weighted by molar-refractivity contribution is -0.102. The fourth-order valence-electron chi connectivity index (χ4n) is 1.90. The summed E-state index contributed by atoms with van der Waals surface area (Å²) in [5.41, 5.74) is 4.72. The van der Waals surface area contributed by atoms with Crippen LogP contribution in [0.25, 0.3) is 0 Å². The number of carbonyl (C=O) groups is 1. The van der Waals surface area contributed by atoms with Crippen LogP contribution in [0.4, 0.5) is 0 Å². The van der Waals surface area contributed by atoms with Crippen molar-refractivity contribution in [2.45, 2.75) is 32.4 Å². The molecule has 6 heteroatoms. The molecule has 1 aliphatic heterocycles. The van der Waals surface area contributed by atoms with Gasteiger partial charge in [0.15, 0.2) is 6.29 Å². The normalized spacial score (nSPS) is 20.1. The quantitative estimate of drug-likeness (QED) is 0.523. The maximum absolute atomic E-state index is 11.2. The minimum absolute atomic E-state index is 0.107. The van der Waals surface area contributed by atoms with Crippen LogP contribution in [0.3, 0.4) is 0 Å². The molecule has 1 atom stereocenters. The van der Waals surface area contributed by atoms with E-state index < -0.39 is 0 Å². The fraction of sp³-hybridized carbons (Fsp3) is 0.462. The lowest BCUT2D eigenvalue weighted by Crippen LogP contribution is -2.32. The Morgan fingerprint density at radius 2 is 2.47 bits per heavy atom. The van der Waals surface area contributed by atoms with E-state index in [0.29, 0.717) is 11.3 Å². The van der Waals surface area contributed by atoms with E-state index >= 15 is 0 Å². The van der Waals surface area contributed by atoms with E-state index in [1.165, 1.54) is 0 Å². The van der Waals surface area contributed by atoms with Gasteiger partial charge in [-0.25, -0.2) is 0 Å². The number of aromatic nitrogens is 1. The second-order valence-electron chi connectivity index (χ2n) is 4.39. The first-order chi connectivity index (χ1) is 9.20. The molecule has 2 heterocycles. The molecule has 19 heavy (non-hydrogen) atoms. The van der Waals surface area contributed by atoms with E-state index in [9.17, 15) is 4.79 Å². The number of pyridine rings is 1. The topological polar surface area (TPSA) is 63.6 Å². The van der Waals surface area contributed by atoms with Gasteiger partial charge < -0.3 is 4.74 Å². The van der Waals surface area contributed by atoms with Crippen LogP contribution in [0.2, 0.25) is 0 Å². The predicted molar refractivity (Wildman–Crippen MR) is 76.0 cm³/mol. The Kier molecular flexibility index (Phi) is 5.04. The number of hydrogen-bond donors (Lipinski definition) is 1. The second-order valence-corrected chi connectivity index (χ2v) is 5.30. The van der Waals surface area contributed by atoms with Gasteiger partial charge in [0, 0.05) is 28.5 Å². The summed E-state index contributed by atoms with van der Waals surface area (Å²) in [6, 6.07) is 1.83. The zero-order valence-corrected chi connectivity index (χ0v) is 12.3. The standard InChI is InChI=1S/C13H16BrN3O2/c1-9-11(6-10(14)7-15-9)12(8-18)16-17-13-4-2-3-5-19-13/h6-8,13,17H,2-5H2,1H3/b16-12-. The van der Waals surface area contributed by atoms with E-state index in [2.05, 4.69) is 31.4 Å². The van der Waals surface area contributed by atoms with Crippen LogP contribution in [-0.2, 0) is 9.53 Å². The molecule has 1 unspecified atom stereocenters. The first kappa shape index (κ1) is 14.1. The van der Waals surface area contributed by atoms with Gasteiger partial charge in [-0.05, 0) is 48.2 Å². The number of nitrogens with zero attached hydrogens (tertiary/aromatic N) is 2. The van der Waals surface area contributed by atoms with Crippen molar-refractivity contribution in [3.05, 3.63) is 28.0 Å². The van der Waals surface area contributed by atoms with Crippen LogP contribution in [0.5, 0.6) is 0 Å². The molecule has 102 valence electrons. The summed E-state index contributed by atoms with van der Waals surface area (Å²) < 4.78 is 6.32. The molecule has 0 amide bonds. The Morgan fingerprint density at radius 1 is 1.63 bits per heavy atom. The van der Waals surface area contributed by atoms with E-state index in [-0.39, 0.29) is 6.23 Å². The molecule has 2 rings (SSSR count). The average Bonchev–Trinajstić information content (AvgIpc) is 2.44. The Bertz CT molecular complexity index is 485. The highest BCUT2D eigenvalue weighted by molar-refractivity contribution is 9.10. The van der Waals surface area contributed by atoms with Crippen molar-refractivity contribution < 1.29 is 9.53 Å². The van der Waals surface area contributed by atoms with Crippen molar-refractivity contribution in [2.75, 3.05) is 6.61 Å². The number of aryl methyl sites for hydroxylation is 1. The molecular formula is C13H16BrN3O2. The average molecular weight is 326 g/mol. The van der Waals surface area contributed by atoms with E-state index in [4.69, 9.17) is 4.74 Å². The number of ether oxygens (including phenoxy) is 1. The number of aldehydes is 1. The zero-order chi connectivity index (χ0) is 13.7. The maximum atomic E-state index is 11.2. The van der Waals surface area contributed by atoms with Gasteiger partial charge in [-0.1, -0.05) is 0 Å². The number of nitrogens with one attached hydrogen (secondary N) is 1. The van der Waals surface area contributed by atoms with Crippen LogP contribution < -0.4 is 5.43 Å². The van der Waals surface area contributed by atoms with E-state index in [0.717, 1.165) is 42.3 Å². The van der Waals surface area contributed by atoms with Crippen LogP contribution in [0.1, 0.15) is 30.5 Å². The van der Waals surface area contributed by atoms with E-state index in [1.807, 2.05) is 13.0 Å². The Hall–Kier alpha value is -1.27. The van der Waals surface area contributed by atoms with Crippen molar-refractivity contribution in [3.8, 4) is 0 Å². The predicted octanol–water partition coefficient (Wildman–Crippen LogP) is 2.17. The van der Waals surface area contributed by atoms with Gasteiger partial charge in [0.1, 0.15) is 11.9 Å². The molecule has 0 bridgehead atoms. The molecule has 1 aromatic rings. The minimum atomic E-state index is -0.107. The molecule has 1 aliphatic rings. The highest BCUT2D eigenvalue weighted by Gasteiger charge is 2.14. The van der Waals surface area contributed by atoms with Gasteiger partial charge in [-0.15, -0.1) is 0 Å². The zero-order valence-electron chi connectivity index (χ0n) is 10.7. The van der Waals surface area contributed by atoms with Gasteiger partial charge >= 0.3 is 0 Å². The summed E-state index contributed by atoms with van der Waals surface area (Å²) >= 11 is 3.34. The third kappa shape index (κ3) is 3.84. The summed E-state index contributed by atoms with van der Waals surface area (Å²) in [7, 11) is 0. The molecule has 0 saturated carbocycles.